The Hall–Kier alpha value is -7.80. The number of amides is 2. The molecule has 2 aromatic heterocycles. The smallest absolute Gasteiger partial charge is 0.311 e. The van der Waals surface area contributed by atoms with Crippen molar-refractivity contribution in [2.45, 2.75) is 52.6 Å². The quantitative estimate of drug-likeness (QED) is 0.0327. The van der Waals surface area contributed by atoms with Gasteiger partial charge in [-0.05, 0) is 134 Å². The van der Waals surface area contributed by atoms with Crippen molar-refractivity contribution in [3.8, 4) is 22.3 Å². The highest BCUT2D eigenvalue weighted by molar-refractivity contribution is 5.97. The predicted octanol–water partition coefficient (Wildman–Crippen LogP) is 7.81. The topological polar surface area (TPSA) is 198 Å². The standard InChI is InChI=1S/C26H27N3O4.C26H27N3O3/c1-17(27)22-7-4-6-19(14-22)15-24(26(31)33-3)18(2)28-25(30)21-11-9-20(10-12-21)23-8-5-13-29(32)16-23;1-17(27)23-6-4-5-19(15-23)16-24(26(31)32-3)18(2)29-25(30)22-9-7-20(8-10-22)21-11-13-28-14-12-21/h4-14,16,18,24,27H,15H2,1-3H3,(H,28,30);4-15,18,24,27H,16H2,1-3H3,(H,29,30)/t2*18?,24-/m11/s1. The van der Waals surface area contributed by atoms with E-state index in [9.17, 15) is 24.4 Å². The summed E-state index contributed by atoms with van der Waals surface area (Å²) in [5.41, 5.74) is 8.83. The van der Waals surface area contributed by atoms with Crippen molar-refractivity contribution in [1.82, 2.24) is 15.6 Å². The number of ether oxygens (including phenoxy) is 2. The first-order valence-corrected chi connectivity index (χ1v) is 21.0. The van der Waals surface area contributed by atoms with E-state index in [1.54, 1.807) is 82.6 Å². The number of benzene rings is 4. The van der Waals surface area contributed by atoms with Crippen LogP contribution in [0.5, 0.6) is 0 Å². The Bertz CT molecular complexity index is 2620. The number of pyridine rings is 2. The number of aromatic nitrogens is 2. The van der Waals surface area contributed by atoms with Crippen molar-refractivity contribution in [2.75, 3.05) is 14.2 Å². The van der Waals surface area contributed by atoms with Crippen molar-refractivity contribution in [3.05, 3.63) is 185 Å². The number of nitrogens with one attached hydrogen (secondary N) is 4. The number of hydrogen-bond acceptors (Lipinski definition) is 10. The largest absolute Gasteiger partial charge is 0.619 e. The molecule has 65 heavy (non-hydrogen) atoms. The molecule has 0 bridgehead atoms. The molecule has 0 aliphatic heterocycles. The molecule has 0 spiro atoms. The molecule has 0 saturated carbocycles. The molecule has 13 nitrogen and oxygen atoms in total. The van der Waals surface area contributed by atoms with Crippen LogP contribution in [0, 0.1) is 27.9 Å². The second kappa shape index (κ2) is 23.0. The number of carbonyl (C=O) groups is 4. The Labute approximate surface area is 379 Å². The molecule has 0 saturated heterocycles. The predicted molar refractivity (Wildman–Crippen MR) is 251 cm³/mol. The summed E-state index contributed by atoms with van der Waals surface area (Å²) in [6, 6.07) is 35.6. The van der Waals surface area contributed by atoms with Crippen LogP contribution in [-0.2, 0) is 31.9 Å². The maximum atomic E-state index is 12.8. The zero-order chi connectivity index (χ0) is 47.0. The fraction of sp³-hybridized carbons (Fsp3) is 0.231. The minimum Gasteiger partial charge on any atom is -0.619 e. The van der Waals surface area contributed by atoms with E-state index in [0.717, 1.165) is 49.2 Å². The van der Waals surface area contributed by atoms with Crippen LogP contribution in [-0.4, -0.2) is 66.5 Å². The van der Waals surface area contributed by atoms with E-state index in [0.29, 0.717) is 35.4 Å². The van der Waals surface area contributed by atoms with Gasteiger partial charge in [-0.3, -0.25) is 24.2 Å². The summed E-state index contributed by atoms with van der Waals surface area (Å²) in [6.07, 6.45) is 7.10. The zero-order valence-electron chi connectivity index (χ0n) is 37.3. The molecule has 6 aromatic rings. The van der Waals surface area contributed by atoms with Crippen LogP contribution in [0.2, 0.25) is 0 Å². The Kier molecular flexibility index (Phi) is 17.1. The van der Waals surface area contributed by atoms with E-state index in [4.69, 9.17) is 20.3 Å². The first-order valence-electron chi connectivity index (χ1n) is 21.0. The maximum Gasteiger partial charge on any atom is 0.311 e. The Morgan fingerprint density at radius 1 is 0.585 bits per heavy atom. The summed E-state index contributed by atoms with van der Waals surface area (Å²) in [4.78, 5) is 54.6. The van der Waals surface area contributed by atoms with Gasteiger partial charge in [-0.25, -0.2) is 0 Å². The highest BCUT2D eigenvalue weighted by atomic mass is 16.5. The van der Waals surface area contributed by atoms with Crippen LogP contribution >= 0.6 is 0 Å². The zero-order valence-corrected chi connectivity index (χ0v) is 37.3. The fourth-order valence-electron chi connectivity index (χ4n) is 7.18. The fourth-order valence-corrected chi connectivity index (χ4v) is 7.18. The van der Waals surface area contributed by atoms with Crippen molar-refractivity contribution in [2.24, 2.45) is 11.8 Å². The van der Waals surface area contributed by atoms with Gasteiger partial charge in [0.1, 0.15) is 0 Å². The number of nitrogens with zero attached hydrogens (tertiary/aromatic N) is 2. The average Bonchev–Trinajstić information content (AvgIpc) is 3.32. The molecular formula is C52H54N6O7. The molecular weight excluding hydrogens is 821 g/mol. The highest BCUT2D eigenvalue weighted by Crippen LogP contribution is 2.22. The van der Waals surface area contributed by atoms with E-state index in [1.165, 1.54) is 26.6 Å². The lowest BCUT2D eigenvalue weighted by atomic mass is 9.91. The third kappa shape index (κ3) is 13.6. The van der Waals surface area contributed by atoms with Crippen LogP contribution in [0.4, 0.5) is 0 Å². The first-order chi connectivity index (χ1) is 31.2. The van der Waals surface area contributed by atoms with Crippen LogP contribution in [0.25, 0.3) is 22.3 Å². The number of hydrogen-bond donors (Lipinski definition) is 4. The molecule has 334 valence electrons. The molecule has 13 heteroatoms. The SMILES string of the molecule is COC(=O)[C@H](Cc1cccc(C(C)=N)c1)C(C)NC(=O)c1ccc(-c2ccc[n+]([O-])c2)cc1.COC(=O)[C@H](Cc1cccc(C(C)=N)c1)C(C)NC(=O)c1ccc(-c2ccncc2)cc1. The van der Waals surface area contributed by atoms with E-state index in [1.807, 2.05) is 78.9 Å². The second-order valence-corrected chi connectivity index (χ2v) is 15.7. The molecule has 0 fully saturated rings. The van der Waals surface area contributed by atoms with Crippen molar-refractivity contribution in [1.29, 1.82) is 10.8 Å². The summed E-state index contributed by atoms with van der Waals surface area (Å²) in [6.45, 7) is 7.01. The minimum absolute atomic E-state index is 0.253. The van der Waals surface area contributed by atoms with E-state index in [2.05, 4.69) is 15.6 Å². The Morgan fingerprint density at radius 3 is 1.40 bits per heavy atom. The number of rotatable bonds is 16. The third-order valence-electron chi connectivity index (χ3n) is 11.0. The monoisotopic (exact) mass is 874 g/mol. The number of esters is 2. The average molecular weight is 875 g/mol. The molecule has 0 aliphatic carbocycles. The van der Waals surface area contributed by atoms with Crippen LogP contribution in [0.3, 0.4) is 0 Å². The third-order valence-corrected chi connectivity index (χ3v) is 11.0. The summed E-state index contributed by atoms with van der Waals surface area (Å²) in [5, 5.41) is 33.0. The lowest BCUT2D eigenvalue weighted by Gasteiger charge is -2.23. The molecule has 0 aliphatic rings. The second-order valence-electron chi connectivity index (χ2n) is 15.7. The summed E-state index contributed by atoms with van der Waals surface area (Å²) < 4.78 is 10.7. The molecule has 0 radical (unpaired) electrons. The lowest BCUT2D eigenvalue weighted by Crippen LogP contribution is -2.42. The molecule has 2 heterocycles. The van der Waals surface area contributed by atoms with E-state index in [-0.39, 0.29) is 17.8 Å². The summed E-state index contributed by atoms with van der Waals surface area (Å²) in [5.74, 6) is -2.50. The Morgan fingerprint density at radius 2 is 1.00 bits per heavy atom. The lowest BCUT2D eigenvalue weighted by molar-refractivity contribution is -0.604. The number of carbonyl (C=O) groups excluding carboxylic acids is 4. The van der Waals surface area contributed by atoms with Crippen molar-refractivity contribution in [3.63, 3.8) is 0 Å². The Balaban J connectivity index is 0.000000244. The number of methoxy groups -OCH3 is 2. The van der Waals surface area contributed by atoms with Gasteiger partial charge in [-0.15, -0.1) is 0 Å². The van der Waals surface area contributed by atoms with Crippen LogP contribution < -0.4 is 15.4 Å². The molecule has 2 amide bonds. The van der Waals surface area contributed by atoms with Gasteiger partial charge in [0.15, 0.2) is 12.4 Å². The van der Waals surface area contributed by atoms with E-state index < -0.39 is 29.9 Å². The summed E-state index contributed by atoms with van der Waals surface area (Å²) in [7, 11) is 2.68. The summed E-state index contributed by atoms with van der Waals surface area (Å²) >= 11 is 0. The maximum absolute atomic E-state index is 12.8. The molecule has 4 N–H and O–H groups in total. The molecule has 4 aromatic carbocycles. The minimum atomic E-state index is -0.587. The normalized spacial score (nSPS) is 12.5. The van der Waals surface area contributed by atoms with Crippen LogP contribution in [0.1, 0.15) is 70.7 Å². The van der Waals surface area contributed by atoms with Gasteiger partial charge < -0.3 is 36.1 Å². The van der Waals surface area contributed by atoms with Gasteiger partial charge in [-0.2, -0.15) is 4.73 Å². The highest BCUT2D eigenvalue weighted by Gasteiger charge is 2.29. The molecule has 2 unspecified atom stereocenters. The van der Waals surface area contributed by atoms with E-state index >= 15 is 0 Å². The van der Waals surface area contributed by atoms with Gasteiger partial charge >= 0.3 is 11.9 Å². The van der Waals surface area contributed by atoms with Gasteiger partial charge in [0.2, 0.25) is 0 Å². The first kappa shape index (κ1) is 48.2. The van der Waals surface area contributed by atoms with Gasteiger partial charge in [0.25, 0.3) is 11.8 Å². The van der Waals surface area contributed by atoms with Gasteiger partial charge in [0.05, 0.1) is 26.1 Å². The van der Waals surface area contributed by atoms with Crippen LogP contribution in [0.15, 0.2) is 146 Å². The van der Waals surface area contributed by atoms with Crippen molar-refractivity contribution >= 4 is 35.2 Å². The van der Waals surface area contributed by atoms with Gasteiger partial charge in [0, 0.05) is 58.7 Å². The van der Waals surface area contributed by atoms with Gasteiger partial charge in [-0.1, -0.05) is 60.7 Å². The molecule has 4 atom stereocenters. The molecule has 6 rings (SSSR count). The van der Waals surface area contributed by atoms with Crippen molar-refractivity contribution < 1.29 is 33.4 Å².